The first-order valence-electron chi connectivity index (χ1n) is 14.5. The summed E-state index contributed by atoms with van der Waals surface area (Å²) in [5.74, 6) is 1.52. The average molecular weight is 553 g/mol. The first-order chi connectivity index (χ1) is 20.8. The van der Waals surface area contributed by atoms with E-state index in [2.05, 4.69) is 97.1 Å². The Morgan fingerprint density at radius 2 is 0.857 bits per heavy atom. The number of ether oxygens (including phenoxy) is 2. The molecule has 0 aliphatic heterocycles. The summed E-state index contributed by atoms with van der Waals surface area (Å²) in [4.78, 5) is 0. The monoisotopic (exact) mass is 552 g/mol. The molecule has 6 aromatic carbocycles. The third kappa shape index (κ3) is 4.06. The van der Waals surface area contributed by atoms with Crippen molar-refractivity contribution in [3.8, 4) is 11.5 Å². The highest BCUT2D eigenvalue weighted by atomic mass is 16.5. The molecule has 208 valence electrons. The standard InChI is InChI=1S/C38H32O4/c39-21-23-41-36-19-7-11-28-30(36)13-5-17-34(28)38(32-15-3-1-9-26(32)25-27-10-2-4-16-33(27)38)35-18-6-14-31-29(35)12-8-20-37(31)42-24-22-40/h1-20,39-40H,21-25H2. The molecular weight excluding hydrogens is 520 g/mol. The number of hydrogen-bond donors (Lipinski definition) is 2. The Kier molecular flexibility index (Phi) is 6.87. The lowest BCUT2D eigenvalue weighted by Crippen LogP contribution is -2.36. The van der Waals surface area contributed by atoms with Crippen LogP contribution in [0.5, 0.6) is 11.5 Å². The summed E-state index contributed by atoms with van der Waals surface area (Å²) in [5, 5.41) is 23.2. The molecule has 0 spiro atoms. The minimum Gasteiger partial charge on any atom is -0.491 e. The Morgan fingerprint density at radius 3 is 1.33 bits per heavy atom. The lowest BCUT2D eigenvalue weighted by atomic mass is 9.58. The van der Waals surface area contributed by atoms with Gasteiger partial charge in [-0.3, -0.25) is 0 Å². The molecule has 0 saturated carbocycles. The molecule has 2 N–H and O–H groups in total. The van der Waals surface area contributed by atoms with E-state index < -0.39 is 5.41 Å². The second-order valence-electron chi connectivity index (χ2n) is 10.7. The average Bonchev–Trinajstić information content (AvgIpc) is 3.05. The van der Waals surface area contributed by atoms with Crippen molar-refractivity contribution in [3.63, 3.8) is 0 Å². The van der Waals surface area contributed by atoms with Crippen molar-refractivity contribution in [3.05, 3.63) is 155 Å². The lowest BCUT2D eigenvalue weighted by Gasteiger charge is -2.43. The molecule has 1 aliphatic carbocycles. The molecule has 4 heteroatoms. The fraction of sp³-hybridized carbons (Fsp3) is 0.158. The topological polar surface area (TPSA) is 58.9 Å². The molecule has 0 saturated heterocycles. The van der Waals surface area contributed by atoms with Crippen molar-refractivity contribution in [1.82, 2.24) is 0 Å². The third-order valence-electron chi connectivity index (χ3n) is 8.49. The number of benzene rings is 6. The van der Waals surface area contributed by atoms with Gasteiger partial charge in [-0.05, 0) is 62.7 Å². The fourth-order valence-corrected chi connectivity index (χ4v) is 6.94. The van der Waals surface area contributed by atoms with Gasteiger partial charge in [-0.15, -0.1) is 0 Å². The van der Waals surface area contributed by atoms with E-state index in [1.807, 2.05) is 24.3 Å². The van der Waals surface area contributed by atoms with E-state index in [9.17, 15) is 10.2 Å². The number of fused-ring (bicyclic) bond motifs is 4. The summed E-state index contributed by atoms with van der Waals surface area (Å²) in [7, 11) is 0. The van der Waals surface area contributed by atoms with Crippen LogP contribution in [0.2, 0.25) is 0 Å². The SMILES string of the molecule is OCCOc1cccc2c(C3(c4cccc5c(OCCO)cccc45)c4ccccc4Cc4ccccc43)cccc12. The van der Waals surface area contributed by atoms with Crippen molar-refractivity contribution in [2.75, 3.05) is 26.4 Å². The van der Waals surface area contributed by atoms with E-state index in [1.54, 1.807) is 0 Å². The molecule has 7 rings (SSSR count). The van der Waals surface area contributed by atoms with E-state index in [-0.39, 0.29) is 26.4 Å². The van der Waals surface area contributed by atoms with Crippen LogP contribution >= 0.6 is 0 Å². The van der Waals surface area contributed by atoms with Gasteiger partial charge in [-0.2, -0.15) is 0 Å². The van der Waals surface area contributed by atoms with Gasteiger partial charge in [-0.1, -0.05) is 109 Å². The molecule has 0 heterocycles. The van der Waals surface area contributed by atoms with Crippen LogP contribution in [-0.4, -0.2) is 36.6 Å². The predicted molar refractivity (Wildman–Crippen MR) is 168 cm³/mol. The van der Waals surface area contributed by atoms with Crippen molar-refractivity contribution >= 4 is 21.5 Å². The molecule has 1 aliphatic rings. The largest absolute Gasteiger partial charge is 0.491 e. The van der Waals surface area contributed by atoms with Gasteiger partial charge in [0.25, 0.3) is 0 Å². The molecule has 42 heavy (non-hydrogen) atoms. The summed E-state index contributed by atoms with van der Waals surface area (Å²) < 4.78 is 12.0. The third-order valence-corrected chi connectivity index (χ3v) is 8.49. The van der Waals surface area contributed by atoms with Gasteiger partial charge < -0.3 is 19.7 Å². The predicted octanol–water partition coefficient (Wildman–Crippen LogP) is 7.02. The van der Waals surface area contributed by atoms with E-state index in [0.717, 1.165) is 39.5 Å². The van der Waals surface area contributed by atoms with Crippen molar-refractivity contribution in [1.29, 1.82) is 0 Å². The lowest BCUT2D eigenvalue weighted by molar-refractivity contribution is 0.203. The highest BCUT2D eigenvalue weighted by Crippen LogP contribution is 2.54. The van der Waals surface area contributed by atoms with Crippen LogP contribution in [0, 0.1) is 0 Å². The van der Waals surface area contributed by atoms with Crippen LogP contribution in [0.4, 0.5) is 0 Å². The molecule has 0 fully saturated rings. The minimum absolute atomic E-state index is 0.0442. The molecule has 0 radical (unpaired) electrons. The fourth-order valence-electron chi connectivity index (χ4n) is 6.94. The number of aliphatic hydroxyl groups excluding tert-OH is 2. The molecule has 4 nitrogen and oxygen atoms in total. The van der Waals surface area contributed by atoms with Crippen LogP contribution in [0.15, 0.2) is 121 Å². The highest BCUT2D eigenvalue weighted by Gasteiger charge is 2.45. The zero-order valence-corrected chi connectivity index (χ0v) is 23.3. The second-order valence-corrected chi connectivity index (χ2v) is 10.7. The van der Waals surface area contributed by atoms with Gasteiger partial charge in [-0.25, -0.2) is 0 Å². The van der Waals surface area contributed by atoms with Crippen molar-refractivity contribution in [2.24, 2.45) is 0 Å². The molecule has 0 amide bonds. The molecule has 0 unspecified atom stereocenters. The van der Waals surface area contributed by atoms with Crippen LogP contribution < -0.4 is 9.47 Å². The minimum atomic E-state index is -0.643. The van der Waals surface area contributed by atoms with Gasteiger partial charge in [0.1, 0.15) is 24.7 Å². The van der Waals surface area contributed by atoms with Gasteiger partial charge in [0.2, 0.25) is 0 Å². The Morgan fingerprint density at radius 1 is 0.452 bits per heavy atom. The smallest absolute Gasteiger partial charge is 0.127 e. The van der Waals surface area contributed by atoms with Crippen LogP contribution in [0.3, 0.4) is 0 Å². The van der Waals surface area contributed by atoms with Crippen LogP contribution in [0.1, 0.15) is 33.4 Å². The number of rotatable bonds is 8. The first kappa shape index (κ1) is 26.3. The maximum absolute atomic E-state index is 9.49. The zero-order chi connectivity index (χ0) is 28.5. The van der Waals surface area contributed by atoms with Crippen LogP contribution in [0.25, 0.3) is 21.5 Å². The quantitative estimate of drug-likeness (QED) is 0.213. The summed E-state index contributed by atoms with van der Waals surface area (Å²) in [5.41, 5.74) is 6.80. The van der Waals surface area contributed by atoms with Crippen LogP contribution in [-0.2, 0) is 11.8 Å². The van der Waals surface area contributed by atoms with E-state index >= 15 is 0 Å². The first-order valence-corrected chi connectivity index (χ1v) is 14.5. The Labute approximate surface area is 245 Å². The van der Waals surface area contributed by atoms with E-state index in [1.165, 1.54) is 33.4 Å². The molecule has 0 atom stereocenters. The van der Waals surface area contributed by atoms with Gasteiger partial charge >= 0.3 is 0 Å². The van der Waals surface area contributed by atoms with Crippen molar-refractivity contribution < 1.29 is 19.7 Å². The van der Waals surface area contributed by atoms with E-state index in [0.29, 0.717) is 0 Å². The Balaban J connectivity index is 1.65. The summed E-state index contributed by atoms with van der Waals surface area (Å²) >= 11 is 0. The Bertz CT molecular complexity index is 1770. The normalized spacial score (nSPS) is 13.5. The van der Waals surface area contributed by atoms with Crippen molar-refractivity contribution in [2.45, 2.75) is 11.8 Å². The molecule has 6 aromatic rings. The second kappa shape index (κ2) is 11.0. The summed E-state index contributed by atoms with van der Waals surface area (Å²) in [6.07, 6.45) is 0.860. The van der Waals surface area contributed by atoms with E-state index in [4.69, 9.17) is 9.47 Å². The molecule has 0 aromatic heterocycles. The molecule has 0 bridgehead atoms. The van der Waals surface area contributed by atoms with Gasteiger partial charge in [0.05, 0.1) is 18.6 Å². The zero-order valence-electron chi connectivity index (χ0n) is 23.3. The maximum Gasteiger partial charge on any atom is 0.127 e. The summed E-state index contributed by atoms with van der Waals surface area (Å²) in [6, 6.07) is 42.9. The summed E-state index contributed by atoms with van der Waals surface area (Å²) in [6.45, 7) is 0.384. The Hall–Kier alpha value is -4.64. The molecular formula is C38H32O4. The van der Waals surface area contributed by atoms with Gasteiger partial charge in [0, 0.05) is 10.8 Å². The number of hydrogen-bond acceptors (Lipinski definition) is 4. The maximum atomic E-state index is 9.49. The highest BCUT2D eigenvalue weighted by molar-refractivity contribution is 5.98. The van der Waals surface area contributed by atoms with Gasteiger partial charge in [0.15, 0.2) is 0 Å². The number of aliphatic hydroxyl groups is 2.